The highest BCUT2D eigenvalue weighted by Gasteiger charge is 2.10. The van der Waals surface area contributed by atoms with Crippen LogP contribution in [-0.4, -0.2) is 20.6 Å². The molecule has 0 saturated carbocycles. The Labute approximate surface area is 156 Å². The Balaban J connectivity index is 1.58. The zero-order valence-corrected chi connectivity index (χ0v) is 14.9. The van der Waals surface area contributed by atoms with Crippen LogP contribution >= 0.6 is 15.9 Å². The Kier molecular flexibility index (Phi) is 5.28. The summed E-state index contributed by atoms with van der Waals surface area (Å²) in [6, 6.07) is 12.7. The fraction of sp³-hybridized carbons (Fsp3) is 0.0588. The monoisotopic (exact) mass is 416 g/mol. The lowest BCUT2D eigenvalue weighted by Gasteiger charge is -2.06. The molecule has 0 saturated heterocycles. The summed E-state index contributed by atoms with van der Waals surface area (Å²) in [5.74, 6) is 0.313. The second kappa shape index (κ2) is 7.79. The van der Waals surface area contributed by atoms with Crippen LogP contribution in [0.3, 0.4) is 0 Å². The van der Waals surface area contributed by atoms with Gasteiger partial charge in [0.2, 0.25) is 0 Å². The maximum absolute atomic E-state index is 12.2. The van der Waals surface area contributed by atoms with Crippen LogP contribution in [0.25, 0.3) is 0 Å². The first-order valence-electron chi connectivity index (χ1n) is 7.48. The van der Waals surface area contributed by atoms with Gasteiger partial charge in [0.1, 0.15) is 5.75 Å². The van der Waals surface area contributed by atoms with Crippen molar-refractivity contribution in [2.75, 3.05) is 5.32 Å². The molecule has 132 valence electrons. The summed E-state index contributed by atoms with van der Waals surface area (Å²) in [6.45, 7) is 0.190. The number of amides is 1. The van der Waals surface area contributed by atoms with Gasteiger partial charge in [-0.15, -0.1) is 0 Å². The van der Waals surface area contributed by atoms with Crippen LogP contribution in [-0.2, 0) is 6.73 Å². The number of nitro benzene ring substituents is 1. The maximum atomic E-state index is 12.2. The zero-order chi connectivity index (χ0) is 18.5. The third kappa shape index (κ3) is 4.45. The van der Waals surface area contributed by atoms with Crippen molar-refractivity contribution in [2.45, 2.75) is 6.73 Å². The van der Waals surface area contributed by atoms with Gasteiger partial charge < -0.3 is 10.1 Å². The van der Waals surface area contributed by atoms with Gasteiger partial charge in [0.25, 0.3) is 11.6 Å². The van der Waals surface area contributed by atoms with Crippen molar-refractivity contribution < 1.29 is 14.5 Å². The fourth-order valence-electron chi connectivity index (χ4n) is 2.11. The highest BCUT2D eigenvalue weighted by Crippen LogP contribution is 2.17. The molecular formula is C17H13BrN4O4. The van der Waals surface area contributed by atoms with Crippen molar-refractivity contribution in [3.63, 3.8) is 0 Å². The largest absolute Gasteiger partial charge is 0.471 e. The number of nitrogens with one attached hydrogen (secondary N) is 1. The van der Waals surface area contributed by atoms with E-state index in [0.717, 1.165) is 4.47 Å². The third-order valence-corrected chi connectivity index (χ3v) is 3.94. The Morgan fingerprint density at radius 1 is 1.19 bits per heavy atom. The van der Waals surface area contributed by atoms with Gasteiger partial charge in [-0.3, -0.25) is 14.9 Å². The number of carbonyl (C=O) groups excluding carboxylic acids is 1. The van der Waals surface area contributed by atoms with E-state index in [4.69, 9.17) is 4.74 Å². The second-order valence-electron chi connectivity index (χ2n) is 5.25. The molecule has 0 aliphatic heterocycles. The number of hydrogen-bond donors (Lipinski definition) is 1. The number of anilines is 1. The highest BCUT2D eigenvalue weighted by atomic mass is 79.9. The van der Waals surface area contributed by atoms with Gasteiger partial charge in [0.15, 0.2) is 6.73 Å². The van der Waals surface area contributed by atoms with Crippen molar-refractivity contribution in [1.29, 1.82) is 0 Å². The molecule has 2 aromatic carbocycles. The Hall–Kier alpha value is -3.20. The summed E-state index contributed by atoms with van der Waals surface area (Å²) in [5.41, 5.74) is 0.738. The lowest BCUT2D eigenvalue weighted by atomic mass is 10.2. The SMILES string of the molecule is O=C(Nc1cnn(COc2ccc(Br)cc2)c1)c1ccc([N+](=O)[O-])cc1. The zero-order valence-electron chi connectivity index (χ0n) is 13.3. The minimum absolute atomic E-state index is 0.0699. The topological polar surface area (TPSA) is 99.3 Å². The minimum Gasteiger partial charge on any atom is -0.471 e. The number of nitro groups is 1. The smallest absolute Gasteiger partial charge is 0.269 e. The normalized spacial score (nSPS) is 10.3. The molecule has 0 aliphatic carbocycles. The van der Waals surface area contributed by atoms with Gasteiger partial charge >= 0.3 is 0 Å². The van der Waals surface area contributed by atoms with E-state index >= 15 is 0 Å². The maximum Gasteiger partial charge on any atom is 0.269 e. The number of rotatable bonds is 6. The number of non-ortho nitro benzene ring substituents is 1. The molecule has 1 amide bonds. The van der Waals surface area contributed by atoms with Crippen LogP contribution < -0.4 is 10.1 Å². The summed E-state index contributed by atoms with van der Waals surface area (Å²) < 4.78 is 8.08. The predicted octanol–water partition coefficient (Wildman–Crippen LogP) is 3.84. The minimum atomic E-state index is -0.517. The Morgan fingerprint density at radius 3 is 2.54 bits per heavy atom. The Morgan fingerprint density at radius 2 is 1.88 bits per heavy atom. The van der Waals surface area contributed by atoms with Crippen molar-refractivity contribution >= 4 is 33.2 Å². The molecule has 0 radical (unpaired) electrons. The van der Waals surface area contributed by atoms with Crippen molar-refractivity contribution in [3.8, 4) is 5.75 Å². The first kappa shape index (κ1) is 17.6. The first-order valence-corrected chi connectivity index (χ1v) is 8.27. The predicted molar refractivity (Wildman–Crippen MR) is 98.0 cm³/mol. The van der Waals surface area contributed by atoms with Crippen LogP contribution in [0, 0.1) is 10.1 Å². The summed E-state index contributed by atoms with van der Waals surface area (Å²) in [4.78, 5) is 22.3. The van der Waals surface area contributed by atoms with Crippen LogP contribution in [0.2, 0.25) is 0 Å². The third-order valence-electron chi connectivity index (χ3n) is 3.41. The molecule has 26 heavy (non-hydrogen) atoms. The van der Waals surface area contributed by atoms with E-state index in [1.807, 2.05) is 24.3 Å². The molecule has 0 atom stereocenters. The number of carbonyl (C=O) groups is 1. The molecule has 0 bridgehead atoms. The Bertz CT molecular complexity index is 923. The van der Waals surface area contributed by atoms with E-state index in [0.29, 0.717) is 17.0 Å². The fourth-order valence-corrected chi connectivity index (χ4v) is 2.37. The van der Waals surface area contributed by atoms with Crippen molar-refractivity contribution in [2.24, 2.45) is 0 Å². The number of benzene rings is 2. The number of aromatic nitrogens is 2. The van der Waals surface area contributed by atoms with Gasteiger partial charge in [-0.05, 0) is 36.4 Å². The average Bonchev–Trinajstić information content (AvgIpc) is 3.08. The second-order valence-corrected chi connectivity index (χ2v) is 6.17. The van der Waals surface area contributed by atoms with Crippen LogP contribution in [0.1, 0.15) is 10.4 Å². The van der Waals surface area contributed by atoms with Crippen LogP contribution in [0.15, 0.2) is 65.4 Å². The number of nitrogens with zero attached hydrogens (tertiary/aromatic N) is 3. The lowest BCUT2D eigenvalue weighted by Crippen LogP contribution is -2.11. The average molecular weight is 417 g/mol. The van der Waals surface area contributed by atoms with E-state index < -0.39 is 4.92 Å². The van der Waals surface area contributed by atoms with Gasteiger partial charge in [-0.25, -0.2) is 4.68 Å². The summed E-state index contributed by atoms with van der Waals surface area (Å²) >= 11 is 3.35. The first-order chi connectivity index (χ1) is 12.5. The van der Waals surface area contributed by atoms with Gasteiger partial charge in [-0.2, -0.15) is 5.10 Å². The molecule has 0 fully saturated rings. The standard InChI is InChI=1S/C17H13BrN4O4/c18-13-3-7-16(8-4-13)26-11-21-10-14(9-19-21)20-17(23)12-1-5-15(6-2-12)22(24)25/h1-10H,11H2,(H,20,23). The van der Waals surface area contributed by atoms with E-state index in [1.54, 1.807) is 6.20 Å². The van der Waals surface area contributed by atoms with E-state index in [2.05, 4.69) is 26.3 Å². The highest BCUT2D eigenvalue weighted by molar-refractivity contribution is 9.10. The quantitative estimate of drug-likeness (QED) is 0.485. The van der Waals surface area contributed by atoms with E-state index in [-0.39, 0.29) is 18.3 Å². The van der Waals surface area contributed by atoms with E-state index in [1.165, 1.54) is 35.1 Å². The van der Waals surface area contributed by atoms with E-state index in [9.17, 15) is 14.9 Å². The molecule has 0 aliphatic rings. The molecule has 1 N–H and O–H groups in total. The molecule has 0 spiro atoms. The van der Waals surface area contributed by atoms with Gasteiger partial charge in [0, 0.05) is 22.2 Å². The number of halogens is 1. The number of hydrogen-bond acceptors (Lipinski definition) is 5. The van der Waals surface area contributed by atoms with Crippen molar-refractivity contribution in [3.05, 3.63) is 81.1 Å². The molecule has 0 unspecified atom stereocenters. The molecule has 1 heterocycles. The summed E-state index contributed by atoms with van der Waals surface area (Å²) in [5, 5.41) is 17.4. The molecule has 8 nitrogen and oxygen atoms in total. The molecule has 3 aromatic rings. The lowest BCUT2D eigenvalue weighted by molar-refractivity contribution is -0.384. The van der Waals surface area contributed by atoms with Crippen LogP contribution in [0.4, 0.5) is 11.4 Å². The van der Waals surface area contributed by atoms with Crippen LogP contribution in [0.5, 0.6) is 5.75 Å². The summed E-state index contributed by atoms with van der Waals surface area (Å²) in [7, 11) is 0. The molecule has 3 rings (SSSR count). The number of ether oxygens (including phenoxy) is 1. The molecule has 1 aromatic heterocycles. The van der Waals surface area contributed by atoms with Gasteiger partial charge in [-0.1, -0.05) is 15.9 Å². The molecular weight excluding hydrogens is 404 g/mol. The summed E-state index contributed by atoms with van der Waals surface area (Å²) in [6.07, 6.45) is 3.12. The molecule has 9 heteroatoms. The van der Waals surface area contributed by atoms with Crippen molar-refractivity contribution in [1.82, 2.24) is 9.78 Å². The van der Waals surface area contributed by atoms with Gasteiger partial charge in [0.05, 0.1) is 23.0 Å².